The monoisotopic (exact) mass is 248 g/mol. The van der Waals surface area contributed by atoms with Gasteiger partial charge in [-0.25, -0.2) is 0 Å². The Bertz CT molecular complexity index is 437. The second-order valence-electron chi connectivity index (χ2n) is 3.95. The first kappa shape index (κ1) is 14.3. The predicted octanol–water partition coefficient (Wildman–Crippen LogP) is 0.397. The number of carbonyl (C=O) groups excluding carboxylic acids is 1. The van der Waals surface area contributed by atoms with E-state index in [1.54, 1.807) is 37.4 Å². The first-order valence-electron chi connectivity index (χ1n) is 5.61. The SMILES string of the molecule is CNCC(O)C(O)c1ccc(C(=O)CC#N)cc1. The molecule has 0 aliphatic rings. The van der Waals surface area contributed by atoms with Gasteiger partial charge in [0.15, 0.2) is 5.78 Å². The number of benzene rings is 1. The highest BCUT2D eigenvalue weighted by molar-refractivity contribution is 5.97. The molecule has 1 aromatic rings. The molecule has 2 atom stereocenters. The Balaban J connectivity index is 2.76. The standard InChI is InChI=1S/C13H16N2O3/c1-15-8-12(17)13(18)10-4-2-9(3-5-10)11(16)6-7-14/h2-5,12-13,15,17-18H,6,8H2,1H3. The molecule has 3 N–H and O–H groups in total. The topological polar surface area (TPSA) is 93.3 Å². The van der Waals surface area contributed by atoms with Crippen LogP contribution in [0.2, 0.25) is 0 Å². The van der Waals surface area contributed by atoms with Crippen LogP contribution in [0.1, 0.15) is 28.4 Å². The van der Waals surface area contributed by atoms with Crippen LogP contribution in [0.3, 0.4) is 0 Å². The van der Waals surface area contributed by atoms with Gasteiger partial charge in [-0.05, 0) is 12.6 Å². The summed E-state index contributed by atoms with van der Waals surface area (Å²) in [5.74, 6) is -0.255. The zero-order chi connectivity index (χ0) is 13.5. The van der Waals surface area contributed by atoms with Gasteiger partial charge in [-0.15, -0.1) is 0 Å². The van der Waals surface area contributed by atoms with E-state index in [-0.39, 0.29) is 18.7 Å². The Labute approximate surface area is 106 Å². The number of nitrogens with one attached hydrogen (secondary N) is 1. The van der Waals surface area contributed by atoms with E-state index in [0.717, 1.165) is 0 Å². The number of Topliss-reactive ketones (excluding diaryl/α,β-unsaturated/α-hetero) is 1. The second kappa shape index (κ2) is 6.87. The van der Waals surface area contributed by atoms with Crippen molar-refractivity contribution in [1.29, 1.82) is 5.26 Å². The van der Waals surface area contributed by atoms with Crippen LogP contribution in [-0.2, 0) is 0 Å². The summed E-state index contributed by atoms with van der Waals surface area (Å²) >= 11 is 0. The summed E-state index contributed by atoms with van der Waals surface area (Å²) < 4.78 is 0. The average Bonchev–Trinajstić information content (AvgIpc) is 2.38. The molecule has 0 aliphatic carbocycles. The van der Waals surface area contributed by atoms with E-state index in [1.165, 1.54) is 0 Å². The highest BCUT2D eigenvalue weighted by atomic mass is 16.3. The summed E-state index contributed by atoms with van der Waals surface area (Å²) in [6.45, 7) is 0.274. The summed E-state index contributed by atoms with van der Waals surface area (Å²) in [5.41, 5.74) is 0.960. The van der Waals surface area contributed by atoms with Crippen molar-refractivity contribution in [1.82, 2.24) is 5.32 Å². The minimum Gasteiger partial charge on any atom is -0.389 e. The van der Waals surface area contributed by atoms with E-state index in [2.05, 4.69) is 5.32 Å². The molecule has 2 unspecified atom stereocenters. The maximum absolute atomic E-state index is 11.4. The van der Waals surface area contributed by atoms with Gasteiger partial charge in [-0.1, -0.05) is 24.3 Å². The molecule has 0 radical (unpaired) electrons. The van der Waals surface area contributed by atoms with Crippen LogP contribution in [0.15, 0.2) is 24.3 Å². The molecule has 0 bridgehead atoms. The smallest absolute Gasteiger partial charge is 0.176 e. The number of nitriles is 1. The summed E-state index contributed by atoms with van der Waals surface area (Å²) in [4.78, 5) is 11.4. The van der Waals surface area contributed by atoms with Crippen molar-refractivity contribution < 1.29 is 15.0 Å². The fourth-order valence-electron chi connectivity index (χ4n) is 1.58. The molecule has 5 heteroatoms. The van der Waals surface area contributed by atoms with E-state index in [1.807, 2.05) is 0 Å². The minimum absolute atomic E-state index is 0.162. The molecule has 0 saturated heterocycles. The van der Waals surface area contributed by atoms with Gasteiger partial charge in [0.25, 0.3) is 0 Å². The molecule has 96 valence electrons. The van der Waals surface area contributed by atoms with Crippen molar-refractivity contribution in [3.63, 3.8) is 0 Å². The Morgan fingerprint density at radius 2 is 2.00 bits per heavy atom. The quantitative estimate of drug-likeness (QED) is 0.633. The van der Waals surface area contributed by atoms with Crippen LogP contribution in [-0.4, -0.2) is 35.7 Å². The van der Waals surface area contributed by atoms with Gasteiger partial charge in [-0.3, -0.25) is 4.79 Å². The minimum atomic E-state index is -1.00. The zero-order valence-electron chi connectivity index (χ0n) is 10.1. The summed E-state index contributed by atoms with van der Waals surface area (Å²) in [6, 6.07) is 8.04. The molecule has 0 fully saturated rings. The Kier molecular flexibility index (Phi) is 5.46. The molecule has 0 aliphatic heterocycles. The molecule has 1 rings (SSSR count). The number of ketones is 1. The van der Waals surface area contributed by atoms with E-state index >= 15 is 0 Å². The molecule has 18 heavy (non-hydrogen) atoms. The van der Waals surface area contributed by atoms with Crippen LogP contribution in [0.4, 0.5) is 0 Å². The fourth-order valence-corrected chi connectivity index (χ4v) is 1.58. The lowest BCUT2D eigenvalue weighted by Gasteiger charge is -2.17. The molecule has 0 amide bonds. The third kappa shape index (κ3) is 3.64. The van der Waals surface area contributed by atoms with Crippen LogP contribution >= 0.6 is 0 Å². The second-order valence-corrected chi connectivity index (χ2v) is 3.95. The number of likely N-dealkylation sites (N-methyl/N-ethyl adjacent to an activating group) is 1. The van der Waals surface area contributed by atoms with Crippen LogP contribution in [0, 0.1) is 11.3 Å². The third-order valence-electron chi connectivity index (χ3n) is 2.59. The number of carbonyl (C=O) groups is 1. The lowest BCUT2D eigenvalue weighted by atomic mass is 10.0. The number of nitrogens with zero attached hydrogens (tertiary/aromatic N) is 1. The molecular formula is C13H16N2O3. The fraction of sp³-hybridized carbons (Fsp3) is 0.385. The Morgan fingerprint density at radius 3 is 2.50 bits per heavy atom. The van der Waals surface area contributed by atoms with Crippen molar-refractivity contribution in [3.05, 3.63) is 35.4 Å². The Hall–Kier alpha value is -1.74. The number of hydrogen-bond acceptors (Lipinski definition) is 5. The van der Waals surface area contributed by atoms with Gasteiger partial charge in [0.2, 0.25) is 0 Å². The highest BCUT2D eigenvalue weighted by Gasteiger charge is 2.17. The van der Waals surface area contributed by atoms with E-state index < -0.39 is 12.2 Å². The van der Waals surface area contributed by atoms with Crippen molar-refractivity contribution in [2.45, 2.75) is 18.6 Å². The van der Waals surface area contributed by atoms with Crippen LogP contribution < -0.4 is 5.32 Å². The summed E-state index contributed by atoms with van der Waals surface area (Å²) in [6.07, 6.45) is -2.07. The molecular weight excluding hydrogens is 232 g/mol. The predicted molar refractivity (Wildman–Crippen MR) is 65.9 cm³/mol. The third-order valence-corrected chi connectivity index (χ3v) is 2.59. The normalized spacial score (nSPS) is 13.7. The Morgan fingerprint density at radius 1 is 1.39 bits per heavy atom. The highest BCUT2D eigenvalue weighted by Crippen LogP contribution is 2.17. The number of aliphatic hydroxyl groups excluding tert-OH is 2. The van der Waals surface area contributed by atoms with Gasteiger partial charge in [0.05, 0.1) is 18.6 Å². The van der Waals surface area contributed by atoms with Crippen molar-refractivity contribution in [2.24, 2.45) is 0 Å². The van der Waals surface area contributed by atoms with Crippen molar-refractivity contribution in [2.75, 3.05) is 13.6 Å². The van der Waals surface area contributed by atoms with Gasteiger partial charge < -0.3 is 15.5 Å². The molecule has 0 saturated carbocycles. The zero-order valence-corrected chi connectivity index (χ0v) is 10.1. The lowest BCUT2D eigenvalue weighted by molar-refractivity contribution is 0.0202. The molecule has 0 heterocycles. The number of hydrogen-bond donors (Lipinski definition) is 3. The number of aliphatic hydroxyl groups is 2. The lowest BCUT2D eigenvalue weighted by Crippen LogP contribution is -2.29. The summed E-state index contributed by atoms with van der Waals surface area (Å²) in [5, 5.41) is 30.6. The van der Waals surface area contributed by atoms with Crippen LogP contribution in [0.5, 0.6) is 0 Å². The van der Waals surface area contributed by atoms with Crippen LogP contribution in [0.25, 0.3) is 0 Å². The maximum atomic E-state index is 11.4. The molecule has 1 aromatic carbocycles. The average molecular weight is 248 g/mol. The van der Waals surface area contributed by atoms with Gasteiger partial charge in [-0.2, -0.15) is 5.26 Å². The first-order valence-corrected chi connectivity index (χ1v) is 5.61. The molecule has 0 spiro atoms. The van der Waals surface area contributed by atoms with Gasteiger partial charge >= 0.3 is 0 Å². The van der Waals surface area contributed by atoms with E-state index in [4.69, 9.17) is 5.26 Å². The van der Waals surface area contributed by atoms with Gasteiger partial charge in [0.1, 0.15) is 6.10 Å². The maximum Gasteiger partial charge on any atom is 0.176 e. The molecule has 5 nitrogen and oxygen atoms in total. The van der Waals surface area contributed by atoms with E-state index in [0.29, 0.717) is 11.1 Å². The van der Waals surface area contributed by atoms with Gasteiger partial charge in [0, 0.05) is 12.1 Å². The van der Waals surface area contributed by atoms with E-state index in [9.17, 15) is 15.0 Å². The van der Waals surface area contributed by atoms with Crippen molar-refractivity contribution >= 4 is 5.78 Å². The first-order chi connectivity index (χ1) is 8.60. The summed E-state index contributed by atoms with van der Waals surface area (Å²) in [7, 11) is 1.68. The largest absolute Gasteiger partial charge is 0.389 e. The van der Waals surface area contributed by atoms with Crippen molar-refractivity contribution in [3.8, 4) is 6.07 Å². The molecule has 0 aromatic heterocycles. The number of rotatable bonds is 6.